The second-order valence-electron chi connectivity index (χ2n) is 5.97. The topological polar surface area (TPSA) is 298 Å². The maximum absolute atomic E-state index is 11.7. The van der Waals surface area contributed by atoms with Crippen molar-refractivity contribution >= 4 is 27.7 Å². The third-order valence-electron chi connectivity index (χ3n) is 3.47. The molecule has 0 aromatic carbocycles. The number of phosphoric ester groups is 2. The number of ketones is 1. The molecule has 10 N–H and O–H groups in total. The molecule has 0 radical (unpaired) electrons. The highest BCUT2D eigenvalue weighted by Crippen LogP contribution is 2.43. The van der Waals surface area contributed by atoms with E-state index < -0.39 is 84.0 Å². The predicted octanol–water partition coefficient (Wildman–Crippen LogP) is -5.48. The molecular weight excluding hydrogens is 478 g/mol. The average Bonchev–Trinajstić information content (AvgIpc) is 2.70. The second-order valence-corrected chi connectivity index (χ2v) is 8.66. The summed E-state index contributed by atoms with van der Waals surface area (Å²) in [5, 5.41) is 65.8. The summed E-state index contributed by atoms with van der Waals surface area (Å²) in [6.45, 7) is -3.75. The van der Waals surface area contributed by atoms with Crippen molar-refractivity contribution in [3.05, 3.63) is 0 Å². The molecule has 31 heavy (non-hydrogen) atoms. The molecule has 0 amide bonds. The zero-order valence-corrected chi connectivity index (χ0v) is 17.3. The average molecular weight is 502 g/mol. The number of hydrogen-bond acceptors (Lipinski definition) is 14. The van der Waals surface area contributed by atoms with E-state index in [0.29, 0.717) is 0 Å². The second kappa shape index (κ2) is 13.1. The van der Waals surface area contributed by atoms with E-state index in [1.165, 1.54) is 0 Å². The Morgan fingerprint density at radius 2 is 1.26 bits per heavy atom. The molecule has 8 atom stereocenters. The van der Waals surface area contributed by atoms with E-state index in [-0.39, 0.29) is 6.29 Å². The molecule has 0 saturated carbocycles. The van der Waals surface area contributed by atoms with Crippen LogP contribution < -0.4 is 0 Å². The Balaban J connectivity index is 4.62. The van der Waals surface area contributed by atoms with E-state index in [9.17, 15) is 54.3 Å². The summed E-state index contributed by atoms with van der Waals surface area (Å²) in [6, 6.07) is 0. The van der Waals surface area contributed by atoms with Crippen molar-refractivity contribution in [1.82, 2.24) is 0 Å². The normalized spacial score (nSPS) is 21.2. The van der Waals surface area contributed by atoms with Gasteiger partial charge in [0.2, 0.25) is 0 Å². The first kappa shape index (κ1) is 30.3. The number of aldehydes is 1. The van der Waals surface area contributed by atoms with Crippen molar-refractivity contribution in [2.24, 2.45) is 0 Å². The molecule has 0 heterocycles. The van der Waals surface area contributed by atoms with Crippen LogP contribution in [0.2, 0.25) is 0 Å². The Morgan fingerprint density at radius 3 is 1.74 bits per heavy atom. The number of hydrogen-bond donors (Lipinski definition) is 10. The van der Waals surface area contributed by atoms with Gasteiger partial charge in [-0.3, -0.25) is 18.4 Å². The minimum atomic E-state index is -5.12. The summed E-state index contributed by atoms with van der Waals surface area (Å²) in [5.74, 6) is -1.48. The van der Waals surface area contributed by atoms with Crippen molar-refractivity contribution in [2.75, 3.05) is 19.8 Å². The van der Waals surface area contributed by atoms with Crippen molar-refractivity contribution in [3.8, 4) is 0 Å². The Hall–Kier alpha value is -0.720. The van der Waals surface area contributed by atoms with Gasteiger partial charge in [0.15, 0.2) is 12.1 Å². The fourth-order valence-corrected chi connectivity index (χ4v) is 2.77. The Kier molecular flexibility index (Phi) is 12.8. The molecule has 0 bridgehead atoms. The van der Waals surface area contributed by atoms with Crippen LogP contribution in [-0.2, 0) is 32.3 Å². The monoisotopic (exact) mass is 502 g/mol. The highest BCUT2D eigenvalue weighted by Gasteiger charge is 2.35. The first-order valence-corrected chi connectivity index (χ1v) is 11.1. The summed E-state index contributed by atoms with van der Waals surface area (Å²) >= 11 is 0. The third kappa shape index (κ3) is 11.6. The van der Waals surface area contributed by atoms with Crippen LogP contribution in [0, 0.1) is 0 Å². The number of carbonyl (C=O) groups excluding carboxylic acids is 2. The van der Waals surface area contributed by atoms with Gasteiger partial charge < -0.3 is 55.2 Å². The van der Waals surface area contributed by atoms with Gasteiger partial charge >= 0.3 is 15.6 Å². The molecule has 0 saturated heterocycles. The van der Waals surface area contributed by atoms with Crippen LogP contribution in [0.1, 0.15) is 0 Å². The molecule has 0 fully saturated rings. The van der Waals surface area contributed by atoms with Crippen LogP contribution in [-0.4, -0.2) is 125 Å². The number of Topliss-reactive ketones (excluding diaryl/α,β-unsaturated/α-hetero) is 1. The van der Waals surface area contributed by atoms with Crippen LogP contribution in [0.5, 0.6) is 0 Å². The molecule has 0 rings (SSSR count). The maximum Gasteiger partial charge on any atom is 0.472 e. The van der Waals surface area contributed by atoms with Crippen LogP contribution in [0.15, 0.2) is 0 Å². The molecule has 0 aliphatic rings. The van der Waals surface area contributed by atoms with Crippen molar-refractivity contribution < 1.29 is 82.7 Å². The number of carbonyl (C=O) groups is 2. The van der Waals surface area contributed by atoms with E-state index >= 15 is 0 Å². The summed E-state index contributed by atoms with van der Waals surface area (Å²) in [7, 11) is -10.1. The van der Waals surface area contributed by atoms with Crippen LogP contribution in [0.25, 0.3) is 0 Å². The zero-order valence-electron chi connectivity index (χ0n) is 15.5. The van der Waals surface area contributed by atoms with E-state index in [0.717, 1.165) is 0 Å². The zero-order chi connectivity index (χ0) is 24.6. The smallest absolute Gasteiger partial charge is 0.388 e. The largest absolute Gasteiger partial charge is 0.472 e. The van der Waals surface area contributed by atoms with Gasteiger partial charge in [-0.25, -0.2) is 9.13 Å². The maximum atomic E-state index is 11.7. The summed E-state index contributed by atoms with van der Waals surface area (Å²) in [6.07, 6.45) is -15.6. The fourth-order valence-electron chi connectivity index (χ4n) is 1.72. The van der Waals surface area contributed by atoms with Gasteiger partial charge in [-0.1, -0.05) is 0 Å². The molecule has 0 aromatic rings. The first-order valence-electron chi connectivity index (χ1n) is 8.08. The van der Waals surface area contributed by atoms with Gasteiger partial charge in [-0.15, -0.1) is 0 Å². The molecule has 0 spiro atoms. The minimum Gasteiger partial charge on any atom is -0.388 e. The van der Waals surface area contributed by atoms with Gasteiger partial charge in [-0.05, 0) is 0 Å². The van der Waals surface area contributed by atoms with E-state index in [4.69, 9.17) is 14.9 Å². The lowest BCUT2D eigenvalue weighted by Crippen LogP contribution is -2.46. The number of aliphatic hydroxyl groups excluding tert-OH is 7. The van der Waals surface area contributed by atoms with Crippen LogP contribution in [0.4, 0.5) is 0 Å². The third-order valence-corrected chi connectivity index (χ3v) is 4.89. The SMILES string of the molecule is O=C[C@H](O)[C@@H](O)[C@H](O)[C@H](O)COP(=O)(O)OCC(=O)[C@@H](O)[C@H](O)[C@H](O)COP(=O)(O)O. The minimum absolute atomic E-state index is 0.151. The van der Waals surface area contributed by atoms with Gasteiger partial charge in [0.1, 0.15) is 49.3 Å². The number of aliphatic hydroxyl groups is 7. The Labute approximate surface area is 173 Å². The number of rotatable bonds is 16. The lowest BCUT2D eigenvalue weighted by molar-refractivity contribution is -0.142. The van der Waals surface area contributed by atoms with Crippen molar-refractivity contribution in [1.29, 1.82) is 0 Å². The Bertz CT molecular complexity index is 665. The molecule has 184 valence electrons. The summed E-state index contributed by atoms with van der Waals surface area (Å²) in [5.41, 5.74) is 0. The fraction of sp³-hybridized carbons (Fsp3) is 0.833. The van der Waals surface area contributed by atoms with Gasteiger partial charge in [0.25, 0.3) is 0 Å². The molecule has 0 aromatic heterocycles. The standard InChI is InChI=1S/C12H24O17P2/c13-1-5(14)9(18)10(19)7(16)3-28-31(25,26)29-4-8(17)12(21)11(20)6(15)2-27-30(22,23)24/h1,5-7,9-12,14-16,18-21H,2-4H2,(H,25,26)(H2,22,23,24)/t5-,6+,7+,9+,10+,11+,12+/m0/s1. The molecule has 17 nitrogen and oxygen atoms in total. The summed E-state index contributed by atoms with van der Waals surface area (Å²) in [4.78, 5) is 48.3. The number of phosphoric acid groups is 2. The summed E-state index contributed by atoms with van der Waals surface area (Å²) < 4.78 is 34.4. The van der Waals surface area contributed by atoms with E-state index in [2.05, 4.69) is 13.6 Å². The van der Waals surface area contributed by atoms with Crippen LogP contribution in [0.3, 0.4) is 0 Å². The molecule has 1 unspecified atom stereocenters. The molecule has 19 heteroatoms. The lowest BCUT2D eigenvalue weighted by atomic mass is 10.0. The highest BCUT2D eigenvalue weighted by molar-refractivity contribution is 7.47. The molecule has 0 aliphatic heterocycles. The van der Waals surface area contributed by atoms with E-state index in [1.54, 1.807) is 0 Å². The predicted molar refractivity (Wildman–Crippen MR) is 92.8 cm³/mol. The van der Waals surface area contributed by atoms with Gasteiger partial charge in [0.05, 0.1) is 13.2 Å². The van der Waals surface area contributed by atoms with Crippen LogP contribution >= 0.6 is 15.6 Å². The molecular formula is C12H24O17P2. The lowest BCUT2D eigenvalue weighted by Gasteiger charge is -2.24. The first-order chi connectivity index (χ1) is 14.0. The quantitative estimate of drug-likeness (QED) is 0.0695. The Morgan fingerprint density at radius 1 is 0.774 bits per heavy atom. The van der Waals surface area contributed by atoms with Gasteiger partial charge in [0, 0.05) is 0 Å². The van der Waals surface area contributed by atoms with E-state index in [1.807, 2.05) is 0 Å². The van der Waals surface area contributed by atoms with Crippen molar-refractivity contribution in [2.45, 2.75) is 42.7 Å². The highest BCUT2D eigenvalue weighted by atomic mass is 31.2. The van der Waals surface area contributed by atoms with Crippen molar-refractivity contribution in [3.63, 3.8) is 0 Å². The van der Waals surface area contributed by atoms with Gasteiger partial charge in [-0.2, -0.15) is 0 Å². The molecule has 0 aliphatic carbocycles.